The van der Waals surface area contributed by atoms with E-state index in [1.165, 1.54) is 6.08 Å². The Labute approximate surface area is 105 Å². The smallest absolute Gasteiger partial charge is 0.330 e. The molecule has 17 heavy (non-hydrogen) atoms. The van der Waals surface area contributed by atoms with E-state index in [1.807, 2.05) is 0 Å². The molecule has 0 radical (unpaired) electrons. The van der Waals surface area contributed by atoms with Crippen LogP contribution in [-0.2, 0) is 9.53 Å². The second-order valence-corrected chi connectivity index (χ2v) is 4.37. The Morgan fingerprint density at radius 3 is 2.53 bits per heavy atom. The normalized spacial score (nSPS) is 12.1. The van der Waals surface area contributed by atoms with Gasteiger partial charge in [-0.15, -0.1) is 0 Å². The van der Waals surface area contributed by atoms with Crippen molar-refractivity contribution in [3.8, 4) is 0 Å². The summed E-state index contributed by atoms with van der Waals surface area (Å²) >= 11 is 0. The minimum absolute atomic E-state index is 0.131. The predicted octanol–water partition coefficient (Wildman–Crippen LogP) is 3.22. The number of esters is 1. The Morgan fingerprint density at radius 2 is 1.88 bits per heavy atom. The SMILES string of the molecule is C=CC(=O)OCCCCCCC(O)CCCC. The maximum Gasteiger partial charge on any atom is 0.330 e. The second kappa shape index (κ2) is 11.6. The Balaban J connectivity index is 3.17. The van der Waals surface area contributed by atoms with Crippen LogP contribution in [0.2, 0.25) is 0 Å². The predicted molar refractivity (Wildman–Crippen MR) is 69.8 cm³/mol. The van der Waals surface area contributed by atoms with E-state index in [2.05, 4.69) is 13.5 Å². The molecule has 100 valence electrons. The van der Waals surface area contributed by atoms with Crippen molar-refractivity contribution >= 4 is 5.97 Å². The molecule has 3 heteroatoms. The quantitative estimate of drug-likeness (QED) is 0.344. The highest BCUT2D eigenvalue weighted by molar-refractivity contribution is 5.81. The molecule has 0 aromatic heterocycles. The monoisotopic (exact) mass is 242 g/mol. The van der Waals surface area contributed by atoms with Gasteiger partial charge in [0.2, 0.25) is 0 Å². The molecule has 0 heterocycles. The fourth-order valence-electron chi connectivity index (χ4n) is 1.65. The lowest BCUT2D eigenvalue weighted by Gasteiger charge is -2.09. The maximum absolute atomic E-state index is 10.7. The second-order valence-electron chi connectivity index (χ2n) is 4.37. The fourth-order valence-corrected chi connectivity index (χ4v) is 1.65. The summed E-state index contributed by atoms with van der Waals surface area (Å²) in [5.74, 6) is -0.347. The number of carbonyl (C=O) groups excluding carboxylic acids is 1. The van der Waals surface area contributed by atoms with Gasteiger partial charge in [0.1, 0.15) is 0 Å². The average Bonchev–Trinajstić information content (AvgIpc) is 2.34. The highest BCUT2D eigenvalue weighted by Crippen LogP contribution is 2.10. The molecule has 0 aromatic rings. The van der Waals surface area contributed by atoms with Crippen molar-refractivity contribution in [2.75, 3.05) is 6.61 Å². The van der Waals surface area contributed by atoms with Crippen LogP contribution in [0.1, 0.15) is 58.3 Å². The van der Waals surface area contributed by atoms with E-state index in [-0.39, 0.29) is 12.1 Å². The number of rotatable bonds is 11. The summed E-state index contributed by atoms with van der Waals surface area (Å²) in [7, 11) is 0. The van der Waals surface area contributed by atoms with Crippen LogP contribution >= 0.6 is 0 Å². The van der Waals surface area contributed by atoms with Crippen molar-refractivity contribution in [1.29, 1.82) is 0 Å². The number of hydrogen-bond donors (Lipinski definition) is 1. The van der Waals surface area contributed by atoms with E-state index >= 15 is 0 Å². The van der Waals surface area contributed by atoms with Gasteiger partial charge in [-0.3, -0.25) is 0 Å². The summed E-state index contributed by atoms with van der Waals surface area (Å²) in [5, 5.41) is 9.61. The van der Waals surface area contributed by atoms with Gasteiger partial charge in [-0.2, -0.15) is 0 Å². The van der Waals surface area contributed by atoms with Gasteiger partial charge in [0.05, 0.1) is 12.7 Å². The van der Waals surface area contributed by atoms with Gasteiger partial charge in [0, 0.05) is 6.08 Å². The molecule has 1 N–H and O–H groups in total. The number of ether oxygens (including phenoxy) is 1. The zero-order chi connectivity index (χ0) is 12.9. The summed E-state index contributed by atoms with van der Waals surface area (Å²) in [6.45, 7) is 5.94. The van der Waals surface area contributed by atoms with Crippen molar-refractivity contribution in [2.24, 2.45) is 0 Å². The minimum Gasteiger partial charge on any atom is -0.463 e. The van der Waals surface area contributed by atoms with Gasteiger partial charge in [-0.25, -0.2) is 4.79 Å². The van der Waals surface area contributed by atoms with Crippen LogP contribution in [0.25, 0.3) is 0 Å². The third-order valence-electron chi connectivity index (χ3n) is 2.73. The Bertz CT molecular complexity index is 202. The topological polar surface area (TPSA) is 46.5 Å². The molecule has 0 bridgehead atoms. The first kappa shape index (κ1) is 16.2. The maximum atomic E-state index is 10.7. The van der Waals surface area contributed by atoms with Crippen molar-refractivity contribution in [3.63, 3.8) is 0 Å². The molecule has 0 saturated heterocycles. The highest BCUT2D eigenvalue weighted by atomic mass is 16.5. The standard InChI is InChI=1S/C14H26O3/c1-3-5-10-13(15)11-8-6-7-9-12-17-14(16)4-2/h4,13,15H,2-3,5-12H2,1H3. The lowest BCUT2D eigenvalue weighted by Crippen LogP contribution is -2.06. The lowest BCUT2D eigenvalue weighted by atomic mass is 10.0. The molecule has 3 nitrogen and oxygen atoms in total. The molecule has 0 fully saturated rings. The Kier molecular flexibility index (Phi) is 11.1. The third kappa shape index (κ3) is 11.4. The van der Waals surface area contributed by atoms with E-state index in [1.54, 1.807) is 0 Å². The zero-order valence-corrected chi connectivity index (χ0v) is 11.0. The molecule has 1 atom stereocenters. The van der Waals surface area contributed by atoms with Crippen molar-refractivity contribution in [2.45, 2.75) is 64.4 Å². The lowest BCUT2D eigenvalue weighted by molar-refractivity contribution is -0.137. The van der Waals surface area contributed by atoms with Crippen LogP contribution in [0.4, 0.5) is 0 Å². The van der Waals surface area contributed by atoms with Gasteiger partial charge in [-0.05, 0) is 19.3 Å². The summed E-state index contributed by atoms with van der Waals surface area (Å²) in [6, 6.07) is 0. The zero-order valence-electron chi connectivity index (χ0n) is 11.0. The van der Waals surface area contributed by atoms with Crippen LogP contribution in [0.15, 0.2) is 12.7 Å². The molecular formula is C14H26O3. The molecular weight excluding hydrogens is 216 g/mol. The molecule has 0 aliphatic rings. The number of unbranched alkanes of at least 4 members (excludes halogenated alkanes) is 4. The van der Waals surface area contributed by atoms with E-state index in [0.717, 1.165) is 51.4 Å². The number of hydrogen-bond acceptors (Lipinski definition) is 3. The van der Waals surface area contributed by atoms with Crippen molar-refractivity contribution in [3.05, 3.63) is 12.7 Å². The first-order valence-corrected chi connectivity index (χ1v) is 6.68. The molecule has 0 aliphatic carbocycles. The van der Waals surface area contributed by atoms with Crippen LogP contribution in [0.3, 0.4) is 0 Å². The number of aliphatic hydroxyl groups excluding tert-OH is 1. The third-order valence-corrected chi connectivity index (χ3v) is 2.73. The average molecular weight is 242 g/mol. The van der Waals surface area contributed by atoms with Crippen LogP contribution in [-0.4, -0.2) is 23.8 Å². The van der Waals surface area contributed by atoms with Gasteiger partial charge >= 0.3 is 5.97 Å². The molecule has 0 aliphatic heterocycles. The first-order valence-electron chi connectivity index (χ1n) is 6.68. The molecule has 0 aromatic carbocycles. The van der Waals surface area contributed by atoms with Crippen LogP contribution in [0.5, 0.6) is 0 Å². The van der Waals surface area contributed by atoms with Crippen molar-refractivity contribution < 1.29 is 14.6 Å². The van der Waals surface area contributed by atoms with E-state index < -0.39 is 0 Å². The van der Waals surface area contributed by atoms with Crippen LogP contribution < -0.4 is 0 Å². The van der Waals surface area contributed by atoms with Gasteiger partial charge in [-0.1, -0.05) is 45.6 Å². The highest BCUT2D eigenvalue weighted by Gasteiger charge is 2.02. The largest absolute Gasteiger partial charge is 0.463 e. The molecule has 0 saturated carbocycles. The molecule has 0 spiro atoms. The summed E-state index contributed by atoms with van der Waals surface area (Å²) in [4.78, 5) is 10.7. The van der Waals surface area contributed by atoms with Gasteiger partial charge in [0.25, 0.3) is 0 Å². The van der Waals surface area contributed by atoms with Gasteiger partial charge < -0.3 is 9.84 Å². The summed E-state index contributed by atoms with van der Waals surface area (Å²) < 4.78 is 4.87. The Hall–Kier alpha value is -0.830. The van der Waals surface area contributed by atoms with Crippen LogP contribution in [0, 0.1) is 0 Å². The molecule has 1 unspecified atom stereocenters. The number of carbonyl (C=O) groups is 1. The summed E-state index contributed by atoms with van der Waals surface area (Å²) in [6.07, 6.45) is 9.22. The summed E-state index contributed by atoms with van der Waals surface area (Å²) in [5.41, 5.74) is 0. The molecule has 0 rings (SSSR count). The Morgan fingerprint density at radius 1 is 1.24 bits per heavy atom. The van der Waals surface area contributed by atoms with Gasteiger partial charge in [0.15, 0.2) is 0 Å². The molecule has 0 amide bonds. The van der Waals surface area contributed by atoms with E-state index in [9.17, 15) is 9.90 Å². The fraction of sp³-hybridized carbons (Fsp3) is 0.786. The van der Waals surface area contributed by atoms with E-state index in [4.69, 9.17) is 4.74 Å². The van der Waals surface area contributed by atoms with Crippen molar-refractivity contribution in [1.82, 2.24) is 0 Å². The van der Waals surface area contributed by atoms with E-state index in [0.29, 0.717) is 6.61 Å². The number of aliphatic hydroxyl groups is 1. The first-order chi connectivity index (χ1) is 8.20. The minimum atomic E-state index is -0.347.